The van der Waals surface area contributed by atoms with E-state index < -0.39 is 0 Å². The first-order chi connectivity index (χ1) is 19.0. The van der Waals surface area contributed by atoms with Crippen molar-refractivity contribution < 1.29 is 0 Å². The van der Waals surface area contributed by atoms with Gasteiger partial charge >= 0.3 is 0 Å². The quantitative estimate of drug-likeness (QED) is 0.361. The normalized spacial score (nSPS) is 18.9. The molecule has 4 aromatic rings. The largest absolute Gasteiger partial charge is 0.355 e. The lowest BCUT2D eigenvalue weighted by Gasteiger charge is -2.34. The first-order valence-corrected chi connectivity index (χ1v) is 14.3. The highest BCUT2D eigenvalue weighted by atomic mass is 15.3. The van der Waals surface area contributed by atoms with E-state index in [9.17, 15) is 0 Å². The smallest absolute Gasteiger partial charge is 0.252 e. The van der Waals surface area contributed by atoms with Gasteiger partial charge in [-0.05, 0) is 57.2 Å². The zero-order valence-corrected chi connectivity index (χ0v) is 23.6. The molecule has 1 unspecified atom stereocenters. The van der Waals surface area contributed by atoms with Crippen molar-refractivity contribution in [3.63, 3.8) is 0 Å². The molecule has 0 saturated carbocycles. The molecule has 2 saturated heterocycles. The van der Waals surface area contributed by atoms with Crippen molar-refractivity contribution in [2.75, 3.05) is 50.7 Å². The van der Waals surface area contributed by atoms with Crippen LogP contribution < -0.4 is 4.90 Å². The van der Waals surface area contributed by atoms with E-state index in [0.29, 0.717) is 11.7 Å². The molecule has 39 heavy (non-hydrogen) atoms. The van der Waals surface area contributed by atoms with Crippen LogP contribution in [0.3, 0.4) is 0 Å². The number of likely N-dealkylation sites (N-methyl/N-ethyl adjacent to an activating group) is 1. The van der Waals surface area contributed by atoms with Gasteiger partial charge in [0.1, 0.15) is 11.6 Å². The maximum Gasteiger partial charge on any atom is 0.252 e. The summed E-state index contributed by atoms with van der Waals surface area (Å²) in [5, 5.41) is 4.53. The van der Waals surface area contributed by atoms with Gasteiger partial charge in [-0.3, -0.25) is 9.88 Å². The SMILES string of the molecule is CCN1CCN(Cc2ccc(-c3cnc(N4CCC(Cc5c(C)nc6nc(C)nn6c5C)C4)cn3)cc2)CC1. The number of aryl methyl sites for hydroxylation is 3. The van der Waals surface area contributed by atoms with Gasteiger partial charge in [-0.25, -0.2) is 14.5 Å². The molecule has 2 aliphatic heterocycles. The molecule has 0 bridgehead atoms. The number of nitrogens with zero attached hydrogens (tertiary/aromatic N) is 9. The van der Waals surface area contributed by atoms with E-state index >= 15 is 0 Å². The lowest BCUT2D eigenvalue weighted by Crippen LogP contribution is -2.45. The molecule has 9 heteroatoms. The molecular weight excluding hydrogens is 486 g/mol. The van der Waals surface area contributed by atoms with E-state index in [0.717, 1.165) is 86.4 Å². The molecule has 0 radical (unpaired) electrons. The van der Waals surface area contributed by atoms with E-state index in [1.54, 1.807) is 0 Å². The topological polar surface area (TPSA) is 78.6 Å². The van der Waals surface area contributed by atoms with Crippen molar-refractivity contribution in [3.05, 3.63) is 65.0 Å². The molecule has 6 rings (SSSR count). The summed E-state index contributed by atoms with van der Waals surface area (Å²) in [4.78, 5) is 26.2. The highest BCUT2D eigenvalue weighted by Crippen LogP contribution is 2.28. The van der Waals surface area contributed by atoms with Gasteiger partial charge < -0.3 is 9.80 Å². The van der Waals surface area contributed by atoms with Gasteiger partial charge in [0.2, 0.25) is 0 Å². The number of hydrogen-bond donors (Lipinski definition) is 0. The molecule has 2 fully saturated rings. The molecule has 1 atom stereocenters. The highest BCUT2D eigenvalue weighted by molar-refractivity contribution is 5.59. The zero-order chi connectivity index (χ0) is 26.9. The number of anilines is 1. The predicted molar refractivity (Wildman–Crippen MR) is 154 cm³/mol. The molecule has 0 spiro atoms. The monoisotopic (exact) mass is 525 g/mol. The van der Waals surface area contributed by atoms with Crippen LogP contribution in [0.4, 0.5) is 5.82 Å². The van der Waals surface area contributed by atoms with Crippen LogP contribution in [0.15, 0.2) is 36.7 Å². The van der Waals surface area contributed by atoms with Crippen LogP contribution >= 0.6 is 0 Å². The van der Waals surface area contributed by atoms with E-state index in [2.05, 4.69) is 69.8 Å². The Morgan fingerprint density at radius 3 is 2.36 bits per heavy atom. The average molecular weight is 526 g/mol. The standard InChI is InChI=1S/C30H39N9/c1-5-36-12-14-37(15-13-36)19-24-6-8-26(9-7-24)28-17-32-29(18-31-28)38-11-10-25(20-38)16-27-21(2)33-30-34-23(4)35-39(30)22(27)3/h6-9,17-18,25H,5,10-16,19-20H2,1-4H3. The van der Waals surface area contributed by atoms with Crippen molar-refractivity contribution in [2.45, 2.75) is 47.1 Å². The molecule has 0 N–H and O–H groups in total. The Morgan fingerprint density at radius 1 is 0.872 bits per heavy atom. The van der Waals surface area contributed by atoms with Gasteiger partial charge in [0.25, 0.3) is 5.78 Å². The molecular formula is C30H39N9. The minimum absolute atomic E-state index is 0.547. The summed E-state index contributed by atoms with van der Waals surface area (Å²) in [6, 6.07) is 8.83. The van der Waals surface area contributed by atoms with Crippen molar-refractivity contribution in [3.8, 4) is 11.3 Å². The summed E-state index contributed by atoms with van der Waals surface area (Å²) in [7, 11) is 0. The minimum Gasteiger partial charge on any atom is -0.355 e. The van der Waals surface area contributed by atoms with Gasteiger partial charge in [-0.1, -0.05) is 31.2 Å². The lowest BCUT2D eigenvalue weighted by molar-refractivity contribution is 0.132. The maximum atomic E-state index is 4.80. The van der Waals surface area contributed by atoms with E-state index in [4.69, 9.17) is 15.0 Å². The van der Waals surface area contributed by atoms with E-state index in [1.807, 2.05) is 23.8 Å². The molecule has 204 valence electrons. The fourth-order valence-electron chi connectivity index (χ4n) is 6.04. The molecule has 1 aromatic carbocycles. The van der Waals surface area contributed by atoms with Crippen LogP contribution in [-0.2, 0) is 13.0 Å². The number of rotatable bonds is 7. The van der Waals surface area contributed by atoms with Crippen LogP contribution in [0.2, 0.25) is 0 Å². The van der Waals surface area contributed by atoms with Crippen molar-refractivity contribution in [1.82, 2.24) is 39.3 Å². The lowest BCUT2D eigenvalue weighted by atomic mass is 9.96. The van der Waals surface area contributed by atoms with Gasteiger partial charge in [0, 0.05) is 62.8 Å². The second kappa shape index (κ2) is 11.0. The second-order valence-electron chi connectivity index (χ2n) is 11.1. The highest BCUT2D eigenvalue weighted by Gasteiger charge is 2.26. The Hall–Kier alpha value is -3.43. The summed E-state index contributed by atoms with van der Waals surface area (Å²) >= 11 is 0. The first-order valence-electron chi connectivity index (χ1n) is 14.3. The summed E-state index contributed by atoms with van der Waals surface area (Å²) < 4.78 is 1.88. The van der Waals surface area contributed by atoms with Crippen LogP contribution in [0.1, 0.15) is 41.7 Å². The number of benzene rings is 1. The summed E-state index contributed by atoms with van der Waals surface area (Å²) in [6.07, 6.45) is 5.97. The Labute approximate surface area is 230 Å². The van der Waals surface area contributed by atoms with Crippen LogP contribution in [0.25, 0.3) is 17.0 Å². The van der Waals surface area contributed by atoms with Crippen LogP contribution in [-0.4, -0.2) is 85.2 Å². The number of fused-ring (bicyclic) bond motifs is 1. The Kier molecular flexibility index (Phi) is 7.27. The van der Waals surface area contributed by atoms with Crippen molar-refractivity contribution >= 4 is 11.6 Å². The summed E-state index contributed by atoms with van der Waals surface area (Å²) in [5.74, 6) is 2.95. The Balaban J connectivity index is 1.06. The molecule has 9 nitrogen and oxygen atoms in total. The predicted octanol–water partition coefficient (Wildman–Crippen LogP) is 3.71. The molecule has 0 amide bonds. The maximum absolute atomic E-state index is 4.80. The second-order valence-corrected chi connectivity index (χ2v) is 11.1. The van der Waals surface area contributed by atoms with Gasteiger partial charge in [0.05, 0.1) is 18.1 Å². The molecule has 2 aliphatic rings. The Morgan fingerprint density at radius 2 is 1.64 bits per heavy atom. The van der Waals surface area contributed by atoms with Crippen molar-refractivity contribution in [1.29, 1.82) is 0 Å². The van der Waals surface area contributed by atoms with Gasteiger partial charge in [-0.2, -0.15) is 10.1 Å². The third-order valence-corrected chi connectivity index (χ3v) is 8.46. The molecule has 3 aromatic heterocycles. The third-order valence-electron chi connectivity index (χ3n) is 8.46. The van der Waals surface area contributed by atoms with E-state index in [1.165, 1.54) is 24.2 Å². The van der Waals surface area contributed by atoms with Crippen LogP contribution in [0, 0.1) is 26.7 Å². The average Bonchev–Trinajstić information content (AvgIpc) is 3.58. The Bertz CT molecular complexity index is 1420. The number of piperazine rings is 1. The summed E-state index contributed by atoms with van der Waals surface area (Å²) in [6.45, 7) is 17.1. The fraction of sp³-hybridized carbons (Fsp3) is 0.500. The minimum atomic E-state index is 0.547. The van der Waals surface area contributed by atoms with Crippen LogP contribution in [0.5, 0.6) is 0 Å². The number of aromatic nitrogens is 6. The third kappa shape index (κ3) is 5.51. The van der Waals surface area contributed by atoms with Gasteiger partial charge in [-0.15, -0.1) is 0 Å². The zero-order valence-electron chi connectivity index (χ0n) is 23.6. The summed E-state index contributed by atoms with van der Waals surface area (Å²) in [5.41, 5.74) is 6.88. The fourth-order valence-corrected chi connectivity index (χ4v) is 6.04. The van der Waals surface area contributed by atoms with Crippen molar-refractivity contribution in [2.24, 2.45) is 5.92 Å². The first kappa shape index (κ1) is 25.8. The molecule has 0 aliphatic carbocycles. The van der Waals surface area contributed by atoms with E-state index in [-0.39, 0.29) is 0 Å². The number of hydrogen-bond acceptors (Lipinski definition) is 8. The van der Waals surface area contributed by atoms with Gasteiger partial charge in [0.15, 0.2) is 0 Å². The molecule has 5 heterocycles.